The van der Waals surface area contributed by atoms with Gasteiger partial charge in [0.15, 0.2) is 11.9 Å². The first kappa shape index (κ1) is 44.6. The number of halogens is 2. The number of nitrogens with zero attached hydrogens (tertiary/aromatic N) is 8. The number of aryl methyl sites for hydroxylation is 3. The van der Waals surface area contributed by atoms with Crippen LogP contribution < -0.4 is 11.5 Å². The fourth-order valence-electron chi connectivity index (χ4n) is 4.86. The van der Waals surface area contributed by atoms with Crippen LogP contribution in [0.25, 0.3) is 22.6 Å². The Labute approximate surface area is 319 Å². The number of azide groups is 1. The van der Waals surface area contributed by atoms with Crippen LogP contribution in [0.15, 0.2) is 95.5 Å². The number of imidazole rings is 2. The summed E-state index contributed by atoms with van der Waals surface area (Å²) in [6.07, 6.45) is 22.9. The highest BCUT2D eigenvalue weighted by atomic mass is 35.5. The lowest BCUT2D eigenvalue weighted by atomic mass is 10.1. The third kappa shape index (κ3) is 19.1. The highest BCUT2D eigenvalue weighted by Gasteiger charge is 2.03. The maximum absolute atomic E-state index is 8.11. The smallest absolute Gasteiger partial charge is 0.197 e. The summed E-state index contributed by atoms with van der Waals surface area (Å²) < 4.78 is 1.90. The van der Waals surface area contributed by atoms with Crippen molar-refractivity contribution in [2.45, 2.75) is 71.8 Å². The van der Waals surface area contributed by atoms with Crippen molar-refractivity contribution in [1.29, 1.82) is 0 Å². The SMILES string of the molecule is C#CCCCCc1cnc(N)[nH]1.C/C(=C\c1ccccc1)CN=[N+]=[N-].C/C(=C\c1ccccc1)Cn1cc(CCCCc2cnc(N)[nH]2)nn1.Cl.Cl. The second-order valence-electron chi connectivity index (χ2n) is 11.8. The van der Waals surface area contributed by atoms with Crippen molar-refractivity contribution in [2.24, 2.45) is 5.11 Å². The van der Waals surface area contributed by atoms with Gasteiger partial charge >= 0.3 is 0 Å². The second-order valence-corrected chi connectivity index (χ2v) is 11.8. The minimum atomic E-state index is 0. The number of aromatic amines is 2. The molecule has 0 aliphatic heterocycles. The minimum absolute atomic E-state index is 0. The summed E-state index contributed by atoms with van der Waals surface area (Å²) in [5.74, 6) is 3.58. The molecule has 0 saturated heterocycles. The van der Waals surface area contributed by atoms with Crippen LogP contribution in [0.4, 0.5) is 11.9 Å². The predicted octanol–water partition coefficient (Wildman–Crippen LogP) is 8.83. The highest BCUT2D eigenvalue weighted by Crippen LogP contribution is 2.11. The first-order valence-electron chi connectivity index (χ1n) is 16.7. The molecule has 0 aliphatic carbocycles. The van der Waals surface area contributed by atoms with Gasteiger partial charge in [-0.3, -0.25) is 0 Å². The molecule has 3 heterocycles. The van der Waals surface area contributed by atoms with E-state index in [4.69, 9.17) is 23.4 Å². The minimum Gasteiger partial charge on any atom is -0.369 e. The monoisotopic (exact) mass is 744 g/mol. The Kier molecular flexibility index (Phi) is 22.6. The maximum atomic E-state index is 8.11. The molecule has 0 unspecified atom stereocenters. The largest absolute Gasteiger partial charge is 0.369 e. The van der Waals surface area contributed by atoms with E-state index >= 15 is 0 Å². The molecule has 0 atom stereocenters. The van der Waals surface area contributed by atoms with Crippen molar-refractivity contribution in [2.75, 3.05) is 18.0 Å². The molecule has 12 nitrogen and oxygen atoms in total. The lowest BCUT2D eigenvalue weighted by Gasteiger charge is -2.01. The van der Waals surface area contributed by atoms with Crippen LogP contribution in [-0.4, -0.2) is 41.5 Å². The molecular weight excluding hydrogens is 695 g/mol. The van der Waals surface area contributed by atoms with Crippen LogP contribution in [0.3, 0.4) is 0 Å². The van der Waals surface area contributed by atoms with Crippen molar-refractivity contribution < 1.29 is 0 Å². The third-order valence-electron chi connectivity index (χ3n) is 7.25. The molecule has 5 aromatic rings. The number of nitrogen functional groups attached to an aromatic ring is 2. The molecule has 3 aromatic heterocycles. The van der Waals surface area contributed by atoms with E-state index in [-0.39, 0.29) is 24.8 Å². The normalized spacial score (nSPS) is 10.6. The molecule has 0 radical (unpaired) electrons. The molecule has 0 aliphatic rings. The average molecular weight is 746 g/mol. The molecule has 0 amide bonds. The van der Waals surface area contributed by atoms with Crippen LogP contribution >= 0.6 is 24.8 Å². The quantitative estimate of drug-likeness (QED) is 0.0272. The number of terminal acetylenes is 1. The molecule has 5 rings (SSSR count). The van der Waals surface area contributed by atoms with E-state index < -0.39 is 0 Å². The molecule has 276 valence electrons. The van der Waals surface area contributed by atoms with Gasteiger partial charge in [0.1, 0.15) is 0 Å². The molecule has 0 bridgehead atoms. The number of nitrogens with two attached hydrogens (primary N) is 2. The van der Waals surface area contributed by atoms with Gasteiger partial charge in [0.05, 0.1) is 24.6 Å². The van der Waals surface area contributed by atoms with Crippen molar-refractivity contribution in [1.82, 2.24) is 34.9 Å². The molecule has 6 N–H and O–H groups in total. The molecule has 2 aromatic carbocycles. The predicted molar refractivity (Wildman–Crippen MR) is 218 cm³/mol. The zero-order valence-electron chi connectivity index (χ0n) is 29.9. The van der Waals surface area contributed by atoms with E-state index in [9.17, 15) is 0 Å². The molecule has 0 fully saturated rings. The molecule has 0 saturated carbocycles. The number of benzene rings is 2. The Morgan fingerprint density at radius 3 is 1.85 bits per heavy atom. The summed E-state index contributed by atoms with van der Waals surface area (Å²) in [6.45, 7) is 5.26. The number of hydrogen-bond donors (Lipinski definition) is 4. The lowest BCUT2D eigenvalue weighted by Crippen LogP contribution is -1.99. The van der Waals surface area contributed by atoms with E-state index in [1.54, 1.807) is 12.4 Å². The van der Waals surface area contributed by atoms with Crippen LogP contribution in [0.2, 0.25) is 0 Å². The standard InChI is InChI=1S/C19H24N6.C10H11N3.C9H13N3.2ClH/c1-15(11-16-7-3-2-4-8-16)13-25-14-18(23-24-25)10-6-5-9-17-12-21-19(20)22-17;1-9(8-12-13-11)7-10-5-3-2-4-6-10;1-2-3-4-5-6-8-7-11-9(10)12-8;;/h2-4,7-8,11-12,14H,5-6,9-10,13H2,1H3,(H3,20,21,22);2-7H,8H2,1H3;1,7H,3-6H2,(H3,10,11,12);2*1H/b15-11+;9-7+;;;. The Morgan fingerprint density at radius 2 is 1.35 bits per heavy atom. The lowest BCUT2D eigenvalue weighted by molar-refractivity contribution is 0.643. The van der Waals surface area contributed by atoms with E-state index in [0.717, 1.165) is 86.1 Å². The van der Waals surface area contributed by atoms with Gasteiger partial charge < -0.3 is 21.4 Å². The first-order valence-corrected chi connectivity index (χ1v) is 16.7. The number of rotatable bonds is 15. The summed E-state index contributed by atoms with van der Waals surface area (Å²) in [6, 6.07) is 20.3. The van der Waals surface area contributed by atoms with Gasteiger partial charge in [-0.1, -0.05) is 94.3 Å². The highest BCUT2D eigenvalue weighted by molar-refractivity contribution is 5.85. The molecule has 14 heteroatoms. The fourth-order valence-corrected chi connectivity index (χ4v) is 4.86. The zero-order chi connectivity index (χ0) is 35.8. The molecule has 0 spiro atoms. The van der Waals surface area contributed by atoms with Gasteiger partial charge in [0.2, 0.25) is 0 Å². The van der Waals surface area contributed by atoms with Crippen LogP contribution in [0.1, 0.15) is 74.2 Å². The second kappa shape index (κ2) is 26.4. The van der Waals surface area contributed by atoms with Crippen molar-refractivity contribution in [3.8, 4) is 12.3 Å². The molecule has 52 heavy (non-hydrogen) atoms. The number of H-pyrrole nitrogens is 2. The Balaban J connectivity index is 0.000000425. The molecular formula is C38H50Cl2N12. The van der Waals surface area contributed by atoms with E-state index in [2.05, 4.69) is 71.3 Å². The Bertz CT molecular complexity index is 1830. The Morgan fingerprint density at radius 1 is 0.827 bits per heavy atom. The number of aromatic nitrogens is 7. The summed E-state index contributed by atoms with van der Waals surface area (Å²) >= 11 is 0. The van der Waals surface area contributed by atoms with E-state index in [0.29, 0.717) is 18.4 Å². The average Bonchev–Trinajstić information content (AvgIpc) is 3.87. The van der Waals surface area contributed by atoms with Crippen molar-refractivity contribution in [3.05, 3.63) is 129 Å². The zero-order valence-corrected chi connectivity index (χ0v) is 31.5. The maximum Gasteiger partial charge on any atom is 0.197 e. The van der Waals surface area contributed by atoms with Gasteiger partial charge in [-0.15, -0.1) is 42.3 Å². The van der Waals surface area contributed by atoms with Crippen LogP contribution in [-0.2, 0) is 25.8 Å². The van der Waals surface area contributed by atoms with Crippen LogP contribution in [0.5, 0.6) is 0 Å². The topological polar surface area (TPSA) is 189 Å². The number of hydrogen-bond acceptors (Lipinski definition) is 7. The van der Waals surface area contributed by atoms with Crippen molar-refractivity contribution >= 4 is 48.9 Å². The van der Waals surface area contributed by atoms with Gasteiger partial charge in [-0.05, 0) is 75.5 Å². The van der Waals surface area contributed by atoms with E-state index in [1.165, 1.54) is 11.1 Å². The van der Waals surface area contributed by atoms with Gasteiger partial charge in [0.25, 0.3) is 0 Å². The fraction of sp³-hybridized carbons (Fsp3) is 0.316. The van der Waals surface area contributed by atoms with Gasteiger partial charge in [-0.2, -0.15) is 0 Å². The summed E-state index contributed by atoms with van der Waals surface area (Å²) in [4.78, 5) is 16.6. The number of anilines is 2. The number of allylic oxidation sites excluding steroid dienone is 1. The van der Waals surface area contributed by atoms with Gasteiger partial charge in [0, 0.05) is 35.5 Å². The van der Waals surface area contributed by atoms with Gasteiger partial charge in [-0.25, -0.2) is 14.6 Å². The van der Waals surface area contributed by atoms with Crippen molar-refractivity contribution in [3.63, 3.8) is 0 Å². The Hall–Kier alpha value is -5.47. The number of unbranched alkanes of at least 4 members (excludes halogenated alkanes) is 3. The number of nitrogens with one attached hydrogen (secondary N) is 2. The first-order chi connectivity index (χ1) is 24.3. The summed E-state index contributed by atoms with van der Waals surface area (Å²) in [5.41, 5.74) is 27.0. The van der Waals surface area contributed by atoms with E-state index in [1.807, 2.05) is 72.4 Å². The summed E-state index contributed by atoms with van der Waals surface area (Å²) in [7, 11) is 0. The van der Waals surface area contributed by atoms with Crippen LogP contribution in [0, 0.1) is 12.3 Å². The summed E-state index contributed by atoms with van der Waals surface area (Å²) in [5, 5.41) is 12.0. The third-order valence-corrected chi connectivity index (χ3v) is 7.25.